The minimum absolute atomic E-state index is 0. The molecule has 0 bridgehead atoms. The maximum atomic E-state index is 7.91. The van der Waals surface area contributed by atoms with E-state index < -0.39 is 0 Å². The average molecular weight is 167 g/mol. The van der Waals surface area contributed by atoms with Gasteiger partial charge in [-0.1, -0.05) is 24.6 Å². The molecule has 1 nitrogen and oxygen atoms in total. The van der Waals surface area contributed by atoms with E-state index in [2.05, 4.69) is 19.9 Å². The lowest BCUT2D eigenvalue weighted by molar-refractivity contribution is 1.36. The van der Waals surface area contributed by atoms with Gasteiger partial charge < -0.3 is 0 Å². The van der Waals surface area contributed by atoms with Gasteiger partial charge in [0.15, 0.2) is 0 Å². The van der Waals surface area contributed by atoms with Crippen molar-refractivity contribution in [1.29, 1.82) is 5.26 Å². The van der Waals surface area contributed by atoms with E-state index in [1.54, 1.807) is 0 Å². The minimum atomic E-state index is 0. The molecule has 0 spiro atoms. The molecule has 1 heteroatoms. The monoisotopic (exact) mass is 167 g/mol. The van der Waals surface area contributed by atoms with Gasteiger partial charge in [0.2, 0.25) is 0 Å². The van der Waals surface area contributed by atoms with Crippen LogP contribution in [0.3, 0.4) is 0 Å². The molecule has 12 heavy (non-hydrogen) atoms. The van der Waals surface area contributed by atoms with Crippen LogP contribution < -0.4 is 0 Å². The third kappa shape index (κ3) is 36.2. The van der Waals surface area contributed by atoms with Crippen LogP contribution in [0.5, 0.6) is 0 Å². The van der Waals surface area contributed by atoms with Crippen molar-refractivity contribution in [2.75, 3.05) is 0 Å². The molecule has 0 amide bonds. The molecule has 0 aromatic rings. The summed E-state index contributed by atoms with van der Waals surface area (Å²) in [6.45, 7) is 9.99. The summed E-state index contributed by atoms with van der Waals surface area (Å²) < 4.78 is 0. The van der Waals surface area contributed by atoms with E-state index in [1.165, 1.54) is 11.6 Å². The summed E-state index contributed by atoms with van der Waals surface area (Å²) in [5, 5.41) is 7.91. The zero-order valence-corrected chi connectivity index (χ0v) is 8.10. The fraction of sp³-hybridized carbons (Fsp3) is 0.545. The Labute approximate surface area is 77.4 Å². The van der Waals surface area contributed by atoms with Crippen LogP contribution in [-0.2, 0) is 0 Å². The summed E-state index contributed by atoms with van der Waals surface area (Å²) in [5.41, 5.74) is 2.43. The predicted octanol–water partition coefficient (Wildman–Crippen LogP) is 4.08. The van der Waals surface area contributed by atoms with Crippen LogP contribution >= 0.6 is 0 Å². The molecule has 0 N–H and O–H groups in total. The highest BCUT2D eigenvalue weighted by Gasteiger charge is 1.66. The van der Waals surface area contributed by atoms with Gasteiger partial charge in [0.25, 0.3) is 0 Å². The Hall–Kier alpha value is -1.03. The first-order valence-corrected chi connectivity index (χ1v) is 3.67. The van der Waals surface area contributed by atoms with Gasteiger partial charge in [-0.05, 0) is 34.6 Å². The largest absolute Gasteiger partial charge is 0.193 e. The summed E-state index contributed by atoms with van der Waals surface area (Å²) in [4.78, 5) is 0. The van der Waals surface area contributed by atoms with E-state index in [-0.39, 0.29) is 7.43 Å². The molecule has 0 unspecified atom stereocenters. The topological polar surface area (TPSA) is 23.8 Å². The van der Waals surface area contributed by atoms with E-state index in [0.717, 1.165) is 5.57 Å². The fourth-order valence-electron chi connectivity index (χ4n) is 0.129. The minimum Gasteiger partial charge on any atom is -0.193 e. The lowest BCUT2D eigenvalue weighted by Gasteiger charge is -1.74. The van der Waals surface area contributed by atoms with Crippen LogP contribution in [-0.4, -0.2) is 0 Å². The van der Waals surface area contributed by atoms with Gasteiger partial charge in [-0.15, -0.1) is 0 Å². The van der Waals surface area contributed by atoms with Gasteiger partial charge in [-0.3, -0.25) is 0 Å². The molecule has 0 heterocycles. The average Bonchev–Trinajstić information content (AvgIpc) is 1.89. The van der Waals surface area contributed by atoms with Crippen molar-refractivity contribution in [3.8, 4) is 6.07 Å². The summed E-state index contributed by atoms with van der Waals surface area (Å²) in [6.07, 6.45) is 3.60. The van der Waals surface area contributed by atoms with Crippen molar-refractivity contribution in [2.24, 2.45) is 0 Å². The third-order valence-electron chi connectivity index (χ3n) is 0.931. The van der Waals surface area contributed by atoms with Crippen LogP contribution in [0.1, 0.15) is 42.0 Å². The smallest absolute Gasteiger partial charge is 0.0911 e. The molecule has 0 aliphatic rings. The number of nitriles is 1. The molecule has 0 aliphatic carbocycles. The number of hydrogen-bond donors (Lipinski definition) is 0. The highest BCUT2D eigenvalue weighted by atomic mass is 14.2. The highest BCUT2D eigenvalue weighted by molar-refractivity contribution is 5.08. The molecule has 0 aromatic carbocycles. The molecular formula is C11H21N. The normalized spacial score (nSPS) is 6.00. The first-order chi connectivity index (χ1) is 5.04. The summed E-state index contributed by atoms with van der Waals surface area (Å²) >= 11 is 0. The van der Waals surface area contributed by atoms with E-state index >= 15 is 0 Å². The van der Waals surface area contributed by atoms with Crippen molar-refractivity contribution in [2.45, 2.75) is 42.0 Å². The Morgan fingerprint density at radius 3 is 1.42 bits per heavy atom. The van der Waals surface area contributed by atoms with E-state index in [1.807, 2.05) is 26.8 Å². The number of allylic oxidation sites excluding steroid dienone is 4. The standard InChI is InChI=1S/C5H7N.C5H10.CH4/c1-5(2)3-4-6;1-4-5(2)3;/h3H,1-2H3;4H,1-3H3;1H4. The number of rotatable bonds is 0. The number of hydrogen-bond acceptors (Lipinski definition) is 1. The van der Waals surface area contributed by atoms with Crippen molar-refractivity contribution in [3.05, 3.63) is 23.3 Å². The molecule has 0 aromatic heterocycles. The molecule has 0 atom stereocenters. The van der Waals surface area contributed by atoms with Crippen LogP contribution in [0, 0.1) is 11.3 Å². The van der Waals surface area contributed by atoms with Crippen LogP contribution in [0.4, 0.5) is 0 Å². The van der Waals surface area contributed by atoms with Gasteiger partial charge in [-0.25, -0.2) is 0 Å². The number of nitrogens with zero attached hydrogens (tertiary/aromatic N) is 1. The molecule has 70 valence electrons. The second-order valence-corrected chi connectivity index (χ2v) is 2.72. The molecule has 0 saturated heterocycles. The van der Waals surface area contributed by atoms with E-state index in [9.17, 15) is 0 Å². The molecule has 0 aliphatic heterocycles. The van der Waals surface area contributed by atoms with E-state index in [0.29, 0.717) is 0 Å². The van der Waals surface area contributed by atoms with Gasteiger partial charge in [0, 0.05) is 6.08 Å². The van der Waals surface area contributed by atoms with Crippen LogP contribution in [0.2, 0.25) is 0 Å². The van der Waals surface area contributed by atoms with Crippen molar-refractivity contribution in [1.82, 2.24) is 0 Å². The van der Waals surface area contributed by atoms with E-state index in [4.69, 9.17) is 5.26 Å². The first-order valence-electron chi connectivity index (χ1n) is 3.67. The summed E-state index contributed by atoms with van der Waals surface area (Å²) in [7, 11) is 0. The van der Waals surface area contributed by atoms with Crippen molar-refractivity contribution in [3.63, 3.8) is 0 Å². The molecule has 0 fully saturated rings. The second-order valence-electron chi connectivity index (χ2n) is 2.72. The Morgan fingerprint density at radius 1 is 1.08 bits per heavy atom. The maximum Gasteiger partial charge on any atom is 0.0911 e. The summed E-state index contributed by atoms with van der Waals surface area (Å²) in [6, 6.07) is 1.91. The first kappa shape index (κ1) is 17.2. The van der Waals surface area contributed by atoms with Gasteiger partial charge in [0.1, 0.15) is 0 Å². The Bertz CT molecular complexity index is 172. The zero-order chi connectivity index (χ0) is 9.28. The molecular weight excluding hydrogens is 146 g/mol. The quantitative estimate of drug-likeness (QED) is 0.394. The molecule has 0 radical (unpaired) electrons. The van der Waals surface area contributed by atoms with Crippen LogP contribution in [0.15, 0.2) is 23.3 Å². The lowest BCUT2D eigenvalue weighted by Crippen LogP contribution is -1.55. The van der Waals surface area contributed by atoms with Gasteiger partial charge in [-0.2, -0.15) is 5.26 Å². The van der Waals surface area contributed by atoms with Crippen molar-refractivity contribution < 1.29 is 0 Å². The highest BCUT2D eigenvalue weighted by Crippen LogP contribution is 1.83. The second kappa shape index (κ2) is 12.6. The predicted molar refractivity (Wildman–Crippen MR) is 56.9 cm³/mol. The molecule has 0 rings (SSSR count). The Balaban J connectivity index is -0.000000126. The Kier molecular flexibility index (Phi) is 18.1. The lowest BCUT2D eigenvalue weighted by atomic mass is 10.3. The summed E-state index contributed by atoms with van der Waals surface area (Å²) in [5.74, 6) is 0. The van der Waals surface area contributed by atoms with Gasteiger partial charge in [0.05, 0.1) is 6.07 Å². The third-order valence-corrected chi connectivity index (χ3v) is 0.931. The van der Waals surface area contributed by atoms with Crippen molar-refractivity contribution >= 4 is 0 Å². The Morgan fingerprint density at radius 2 is 1.42 bits per heavy atom. The SMILES string of the molecule is C.CC(C)=CC#N.CC=C(C)C. The maximum absolute atomic E-state index is 7.91. The fourth-order valence-corrected chi connectivity index (χ4v) is 0.129. The zero-order valence-electron chi connectivity index (χ0n) is 8.10. The van der Waals surface area contributed by atoms with Crippen LogP contribution in [0.25, 0.3) is 0 Å². The van der Waals surface area contributed by atoms with Gasteiger partial charge >= 0.3 is 0 Å². The molecule has 0 saturated carbocycles.